The number of anilines is 1. The van der Waals surface area contributed by atoms with Crippen LogP contribution in [0.4, 0.5) is 5.82 Å². The Labute approximate surface area is 140 Å². The van der Waals surface area contributed by atoms with Gasteiger partial charge in [0, 0.05) is 6.20 Å². The van der Waals surface area contributed by atoms with Crippen LogP contribution in [0.5, 0.6) is 5.75 Å². The van der Waals surface area contributed by atoms with Crippen molar-refractivity contribution in [2.45, 2.75) is 19.6 Å². The summed E-state index contributed by atoms with van der Waals surface area (Å²) < 4.78 is 10.5. The predicted molar refractivity (Wildman–Crippen MR) is 87.5 cm³/mol. The maximum Gasteiger partial charge on any atom is 0.330 e. The SMILES string of the molecule is COc1ccc(COC(=O)[C@@H]2[C@@H](C)C(=O)N2c2ccccn2)cc1. The van der Waals surface area contributed by atoms with Gasteiger partial charge in [0.2, 0.25) is 5.91 Å². The predicted octanol–water partition coefficient (Wildman–Crippen LogP) is 2.18. The van der Waals surface area contributed by atoms with Gasteiger partial charge in [-0.3, -0.25) is 9.69 Å². The standard InChI is InChI=1S/C18H18N2O4/c1-12-16(20(17(12)21)15-5-3-4-10-19-15)18(22)24-11-13-6-8-14(23-2)9-7-13/h3-10,12,16H,11H2,1-2H3/t12-,16+/m1/s1. The van der Waals surface area contributed by atoms with Crippen LogP contribution in [-0.2, 0) is 20.9 Å². The zero-order valence-corrected chi connectivity index (χ0v) is 13.5. The van der Waals surface area contributed by atoms with E-state index in [0.29, 0.717) is 5.82 Å². The molecule has 2 heterocycles. The molecular weight excluding hydrogens is 308 g/mol. The first-order chi connectivity index (χ1) is 11.6. The second-order valence-corrected chi connectivity index (χ2v) is 5.59. The van der Waals surface area contributed by atoms with E-state index in [1.54, 1.807) is 50.6 Å². The average Bonchev–Trinajstić information content (AvgIpc) is 2.64. The van der Waals surface area contributed by atoms with Gasteiger partial charge in [-0.15, -0.1) is 0 Å². The van der Waals surface area contributed by atoms with Crippen LogP contribution in [0.15, 0.2) is 48.7 Å². The first kappa shape index (κ1) is 16.0. The number of carbonyl (C=O) groups excluding carboxylic acids is 2. The van der Waals surface area contributed by atoms with Crippen molar-refractivity contribution in [1.82, 2.24) is 4.98 Å². The van der Waals surface area contributed by atoms with E-state index < -0.39 is 17.9 Å². The lowest BCUT2D eigenvalue weighted by Crippen LogP contribution is -2.64. The second-order valence-electron chi connectivity index (χ2n) is 5.59. The van der Waals surface area contributed by atoms with Gasteiger partial charge >= 0.3 is 5.97 Å². The van der Waals surface area contributed by atoms with Crippen molar-refractivity contribution in [2.24, 2.45) is 5.92 Å². The number of esters is 1. The van der Waals surface area contributed by atoms with Crippen molar-refractivity contribution in [3.8, 4) is 5.75 Å². The van der Waals surface area contributed by atoms with E-state index in [0.717, 1.165) is 11.3 Å². The van der Waals surface area contributed by atoms with E-state index in [9.17, 15) is 9.59 Å². The molecule has 1 aliphatic heterocycles. The lowest BCUT2D eigenvalue weighted by atomic mass is 9.89. The molecule has 1 aromatic heterocycles. The summed E-state index contributed by atoms with van der Waals surface area (Å²) in [5.74, 6) is 0.246. The normalized spacial score (nSPS) is 19.6. The molecule has 0 unspecified atom stereocenters. The third kappa shape index (κ3) is 2.95. The number of aromatic nitrogens is 1. The van der Waals surface area contributed by atoms with Gasteiger partial charge in [0.05, 0.1) is 13.0 Å². The van der Waals surface area contributed by atoms with Crippen LogP contribution < -0.4 is 9.64 Å². The molecular formula is C18H18N2O4. The fourth-order valence-corrected chi connectivity index (χ4v) is 2.66. The molecule has 6 heteroatoms. The molecule has 0 aliphatic carbocycles. The van der Waals surface area contributed by atoms with Crippen LogP contribution in [0.25, 0.3) is 0 Å². The first-order valence-electron chi connectivity index (χ1n) is 7.65. The van der Waals surface area contributed by atoms with Gasteiger partial charge < -0.3 is 9.47 Å². The van der Waals surface area contributed by atoms with Gasteiger partial charge in [0.1, 0.15) is 24.2 Å². The summed E-state index contributed by atoms with van der Waals surface area (Å²) >= 11 is 0. The number of amides is 1. The molecule has 2 aromatic rings. The Morgan fingerprint density at radius 2 is 1.96 bits per heavy atom. The van der Waals surface area contributed by atoms with Gasteiger partial charge in [-0.05, 0) is 29.8 Å². The maximum absolute atomic E-state index is 12.4. The van der Waals surface area contributed by atoms with Crippen molar-refractivity contribution < 1.29 is 19.1 Å². The summed E-state index contributed by atoms with van der Waals surface area (Å²) in [7, 11) is 1.59. The third-order valence-corrected chi connectivity index (χ3v) is 4.06. The van der Waals surface area contributed by atoms with Crippen molar-refractivity contribution in [3.63, 3.8) is 0 Å². The highest BCUT2D eigenvalue weighted by Gasteiger charge is 2.51. The van der Waals surface area contributed by atoms with Crippen LogP contribution in [0.3, 0.4) is 0 Å². The molecule has 1 aliphatic rings. The molecule has 0 N–H and O–H groups in total. The van der Waals surface area contributed by atoms with Gasteiger partial charge in [0.15, 0.2) is 0 Å². The third-order valence-electron chi connectivity index (χ3n) is 4.06. The first-order valence-corrected chi connectivity index (χ1v) is 7.65. The number of nitrogens with zero attached hydrogens (tertiary/aromatic N) is 2. The molecule has 24 heavy (non-hydrogen) atoms. The molecule has 1 amide bonds. The molecule has 0 spiro atoms. The van der Waals surface area contributed by atoms with Gasteiger partial charge in [0.25, 0.3) is 0 Å². The number of hydrogen-bond acceptors (Lipinski definition) is 5. The van der Waals surface area contributed by atoms with E-state index >= 15 is 0 Å². The zero-order valence-electron chi connectivity index (χ0n) is 13.5. The highest BCUT2D eigenvalue weighted by atomic mass is 16.5. The number of carbonyl (C=O) groups is 2. The molecule has 1 fully saturated rings. The van der Waals surface area contributed by atoms with Crippen molar-refractivity contribution >= 4 is 17.7 Å². The van der Waals surface area contributed by atoms with E-state index in [1.165, 1.54) is 4.90 Å². The number of benzene rings is 1. The summed E-state index contributed by atoms with van der Waals surface area (Å²) in [5, 5.41) is 0. The summed E-state index contributed by atoms with van der Waals surface area (Å²) in [6.45, 7) is 1.87. The molecule has 0 bridgehead atoms. The molecule has 0 saturated carbocycles. The molecule has 3 rings (SSSR count). The molecule has 1 aromatic carbocycles. The van der Waals surface area contributed by atoms with Gasteiger partial charge in [-0.2, -0.15) is 0 Å². The molecule has 0 radical (unpaired) electrons. The summed E-state index contributed by atoms with van der Waals surface area (Å²) in [6, 6.07) is 11.9. The maximum atomic E-state index is 12.4. The average molecular weight is 326 g/mol. The number of β-lactam (4-membered cyclic amide) rings is 1. The van der Waals surface area contributed by atoms with Crippen LogP contribution in [0.1, 0.15) is 12.5 Å². The van der Waals surface area contributed by atoms with E-state index in [2.05, 4.69) is 4.98 Å². The van der Waals surface area contributed by atoms with Crippen LogP contribution >= 0.6 is 0 Å². The van der Waals surface area contributed by atoms with Crippen molar-refractivity contribution in [1.29, 1.82) is 0 Å². The minimum absolute atomic E-state index is 0.125. The quantitative estimate of drug-likeness (QED) is 0.622. The summed E-state index contributed by atoms with van der Waals surface area (Å²) in [6.07, 6.45) is 1.59. The fourth-order valence-electron chi connectivity index (χ4n) is 2.66. The summed E-state index contributed by atoms with van der Waals surface area (Å²) in [4.78, 5) is 30.0. The Morgan fingerprint density at radius 3 is 2.58 bits per heavy atom. The van der Waals surface area contributed by atoms with Gasteiger partial charge in [-0.25, -0.2) is 9.78 Å². The van der Waals surface area contributed by atoms with Crippen molar-refractivity contribution in [3.05, 3.63) is 54.2 Å². The van der Waals surface area contributed by atoms with Crippen LogP contribution in [0.2, 0.25) is 0 Å². The fraction of sp³-hybridized carbons (Fsp3) is 0.278. The number of rotatable bonds is 5. The minimum atomic E-state index is -0.634. The highest BCUT2D eigenvalue weighted by molar-refractivity contribution is 6.09. The number of hydrogen-bond donors (Lipinski definition) is 0. The Hall–Kier alpha value is -2.89. The highest BCUT2D eigenvalue weighted by Crippen LogP contribution is 2.32. The Bertz CT molecular complexity index is 730. The lowest BCUT2D eigenvalue weighted by molar-refractivity contribution is -0.155. The van der Waals surface area contributed by atoms with E-state index in [4.69, 9.17) is 9.47 Å². The van der Waals surface area contributed by atoms with Crippen molar-refractivity contribution in [2.75, 3.05) is 12.0 Å². The molecule has 124 valence electrons. The largest absolute Gasteiger partial charge is 0.497 e. The molecule has 2 atom stereocenters. The molecule has 6 nitrogen and oxygen atoms in total. The van der Waals surface area contributed by atoms with E-state index in [-0.39, 0.29) is 12.5 Å². The summed E-state index contributed by atoms with van der Waals surface area (Å²) in [5.41, 5.74) is 0.854. The van der Waals surface area contributed by atoms with Crippen LogP contribution in [-0.4, -0.2) is 30.0 Å². The Kier molecular flexibility index (Phi) is 4.46. The van der Waals surface area contributed by atoms with Crippen LogP contribution in [0, 0.1) is 5.92 Å². The zero-order chi connectivity index (χ0) is 17.1. The topological polar surface area (TPSA) is 68.7 Å². The van der Waals surface area contributed by atoms with E-state index in [1.807, 2.05) is 12.1 Å². The minimum Gasteiger partial charge on any atom is -0.497 e. The number of ether oxygens (including phenoxy) is 2. The number of pyridine rings is 1. The Morgan fingerprint density at radius 1 is 1.21 bits per heavy atom. The second kappa shape index (κ2) is 6.70. The van der Waals surface area contributed by atoms with Gasteiger partial charge in [-0.1, -0.05) is 25.1 Å². The lowest BCUT2D eigenvalue weighted by Gasteiger charge is -2.42. The monoisotopic (exact) mass is 326 g/mol. The number of methoxy groups -OCH3 is 1. The smallest absolute Gasteiger partial charge is 0.330 e. The molecule has 1 saturated heterocycles. The Balaban J connectivity index is 1.66.